The zero-order valence-corrected chi connectivity index (χ0v) is 13.3. The second-order valence-corrected chi connectivity index (χ2v) is 7.33. The molecular formula is C16H27ClN2O2. The minimum Gasteiger partial charge on any atom is -0.364 e. The van der Waals surface area contributed by atoms with E-state index in [1.54, 1.807) is 0 Å². The van der Waals surface area contributed by atoms with Gasteiger partial charge in [0.15, 0.2) is 0 Å². The van der Waals surface area contributed by atoms with Crippen molar-refractivity contribution < 1.29 is 9.53 Å². The maximum Gasteiger partial charge on any atom is 0.249 e. The Labute approximate surface area is 133 Å². The number of ether oxygens (including phenoxy) is 1. The molecule has 21 heavy (non-hydrogen) atoms. The Hall–Kier alpha value is -0.320. The van der Waals surface area contributed by atoms with Gasteiger partial charge in [-0.2, -0.15) is 0 Å². The summed E-state index contributed by atoms with van der Waals surface area (Å²) >= 11 is 0. The monoisotopic (exact) mass is 314 g/mol. The maximum atomic E-state index is 12.4. The van der Waals surface area contributed by atoms with Crippen LogP contribution in [0.15, 0.2) is 0 Å². The highest BCUT2D eigenvalue weighted by Crippen LogP contribution is 2.58. The lowest BCUT2D eigenvalue weighted by atomic mass is 9.79. The van der Waals surface area contributed by atoms with E-state index in [9.17, 15) is 4.79 Å². The predicted octanol–water partition coefficient (Wildman–Crippen LogP) is 1.86. The number of halogens is 1. The van der Waals surface area contributed by atoms with Crippen LogP contribution >= 0.6 is 12.4 Å². The standard InChI is InChI=1S/C16H26N2O2.ClH/c17-8-10-4-5-15(20-10)16(19)18-14-7-9-6-13(14)12-3-1-2-11(9)12;/h9-15H,1-8,17H2,(H,18,19);1H/t9?,10-,11?,12?,13?,14?,15+;/m1./s1. The lowest BCUT2D eigenvalue weighted by Gasteiger charge is -2.32. The SMILES string of the molecule is Cl.NC[C@H]1CC[C@@H](C(=O)NC2CC3CC2C2CCCC32)O1. The molecule has 1 amide bonds. The van der Waals surface area contributed by atoms with Crippen LogP contribution in [0.1, 0.15) is 44.9 Å². The summed E-state index contributed by atoms with van der Waals surface area (Å²) in [7, 11) is 0. The van der Waals surface area contributed by atoms with Gasteiger partial charge in [0.25, 0.3) is 0 Å². The number of nitrogens with one attached hydrogen (secondary N) is 1. The molecule has 7 atom stereocenters. The predicted molar refractivity (Wildman–Crippen MR) is 83.2 cm³/mol. The van der Waals surface area contributed by atoms with E-state index < -0.39 is 0 Å². The molecule has 4 aliphatic rings. The van der Waals surface area contributed by atoms with Gasteiger partial charge in [0, 0.05) is 12.6 Å². The molecule has 1 heterocycles. The fourth-order valence-corrected chi connectivity index (χ4v) is 5.58. The number of hydrogen-bond donors (Lipinski definition) is 2. The van der Waals surface area contributed by atoms with Crippen molar-refractivity contribution >= 4 is 18.3 Å². The van der Waals surface area contributed by atoms with Crippen molar-refractivity contribution in [3.8, 4) is 0 Å². The third kappa shape index (κ3) is 2.60. The van der Waals surface area contributed by atoms with Gasteiger partial charge in [-0.15, -0.1) is 12.4 Å². The Balaban J connectivity index is 0.00000132. The topological polar surface area (TPSA) is 64.4 Å². The van der Waals surface area contributed by atoms with Crippen LogP contribution in [-0.2, 0) is 9.53 Å². The molecule has 1 saturated heterocycles. The van der Waals surface area contributed by atoms with Crippen molar-refractivity contribution in [1.82, 2.24) is 5.32 Å². The van der Waals surface area contributed by atoms with Crippen LogP contribution in [0.25, 0.3) is 0 Å². The highest BCUT2D eigenvalue weighted by molar-refractivity contribution is 5.85. The number of rotatable bonds is 3. The van der Waals surface area contributed by atoms with Crippen molar-refractivity contribution in [3.63, 3.8) is 0 Å². The highest BCUT2D eigenvalue weighted by atomic mass is 35.5. The van der Waals surface area contributed by atoms with E-state index >= 15 is 0 Å². The van der Waals surface area contributed by atoms with E-state index in [0.717, 1.165) is 36.5 Å². The van der Waals surface area contributed by atoms with Gasteiger partial charge in [0.2, 0.25) is 5.91 Å². The largest absolute Gasteiger partial charge is 0.364 e. The smallest absolute Gasteiger partial charge is 0.249 e. The van der Waals surface area contributed by atoms with E-state index in [-0.39, 0.29) is 30.5 Å². The van der Waals surface area contributed by atoms with Gasteiger partial charge in [-0.3, -0.25) is 4.79 Å². The average Bonchev–Trinajstić information content (AvgIpc) is 3.19. The molecule has 0 aromatic carbocycles. The van der Waals surface area contributed by atoms with Crippen molar-refractivity contribution in [2.24, 2.45) is 29.4 Å². The van der Waals surface area contributed by atoms with Gasteiger partial charge in [-0.05, 0) is 62.2 Å². The molecule has 5 unspecified atom stereocenters. The molecule has 1 aliphatic heterocycles. The third-order valence-electron chi connectivity index (χ3n) is 6.42. The summed E-state index contributed by atoms with van der Waals surface area (Å²) < 4.78 is 5.71. The van der Waals surface area contributed by atoms with Crippen LogP contribution in [0.4, 0.5) is 0 Å². The third-order valence-corrected chi connectivity index (χ3v) is 6.42. The first-order chi connectivity index (χ1) is 9.76. The Kier molecular flexibility index (Phi) is 4.49. The summed E-state index contributed by atoms with van der Waals surface area (Å²) in [5.41, 5.74) is 5.61. The number of carbonyl (C=O) groups is 1. The van der Waals surface area contributed by atoms with Crippen LogP contribution in [0, 0.1) is 23.7 Å². The van der Waals surface area contributed by atoms with Gasteiger partial charge < -0.3 is 15.8 Å². The van der Waals surface area contributed by atoms with Crippen LogP contribution in [-0.4, -0.2) is 30.7 Å². The van der Waals surface area contributed by atoms with Gasteiger partial charge in [-0.1, -0.05) is 6.42 Å². The molecule has 0 spiro atoms. The number of amides is 1. The first kappa shape index (κ1) is 15.6. The molecule has 3 aliphatic carbocycles. The summed E-state index contributed by atoms with van der Waals surface area (Å²) in [6, 6.07) is 0.423. The van der Waals surface area contributed by atoms with Crippen LogP contribution in [0.2, 0.25) is 0 Å². The minimum absolute atomic E-state index is 0. The molecular weight excluding hydrogens is 288 g/mol. The molecule has 0 aromatic heterocycles. The Bertz CT molecular complexity index is 406. The summed E-state index contributed by atoms with van der Waals surface area (Å²) in [5.74, 6) is 3.65. The van der Waals surface area contributed by atoms with Gasteiger partial charge in [0.1, 0.15) is 6.10 Å². The van der Waals surface area contributed by atoms with Crippen molar-refractivity contribution in [2.45, 2.75) is 63.2 Å². The molecule has 2 bridgehead atoms. The zero-order valence-electron chi connectivity index (χ0n) is 12.5. The van der Waals surface area contributed by atoms with Crippen LogP contribution < -0.4 is 11.1 Å². The molecule has 4 fully saturated rings. The van der Waals surface area contributed by atoms with E-state index in [1.807, 2.05) is 0 Å². The fraction of sp³-hybridized carbons (Fsp3) is 0.938. The van der Waals surface area contributed by atoms with Gasteiger partial charge >= 0.3 is 0 Å². The zero-order chi connectivity index (χ0) is 13.7. The normalized spacial score (nSPS) is 47.2. The summed E-state index contributed by atoms with van der Waals surface area (Å²) in [6.45, 7) is 0.529. The Morgan fingerprint density at radius 2 is 1.90 bits per heavy atom. The molecule has 3 N–H and O–H groups in total. The lowest BCUT2D eigenvalue weighted by molar-refractivity contribution is -0.133. The molecule has 5 heteroatoms. The van der Waals surface area contributed by atoms with E-state index in [0.29, 0.717) is 12.6 Å². The van der Waals surface area contributed by atoms with E-state index in [4.69, 9.17) is 10.5 Å². The first-order valence-electron chi connectivity index (χ1n) is 8.42. The van der Waals surface area contributed by atoms with Gasteiger partial charge in [0.05, 0.1) is 6.10 Å². The second kappa shape index (κ2) is 6.05. The molecule has 0 radical (unpaired) electrons. The lowest BCUT2D eigenvalue weighted by Crippen LogP contribution is -2.46. The summed E-state index contributed by atoms with van der Waals surface area (Å²) in [4.78, 5) is 12.4. The van der Waals surface area contributed by atoms with Crippen molar-refractivity contribution in [2.75, 3.05) is 6.54 Å². The highest BCUT2D eigenvalue weighted by Gasteiger charge is 2.54. The number of nitrogens with two attached hydrogens (primary N) is 1. The van der Waals surface area contributed by atoms with Gasteiger partial charge in [-0.25, -0.2) is 0 Å². The number of carbonyl (C=O) groups excluding carboxylic acids is 1. The second-order valence-electron chi connectivity index (χ2n) is 7.33. The molecule has 120 valence electrons. The maximum absolute atomic E-state index is 12.4. The fourth-order valence-electron chi connectivity index (χ4n) is 5.58. The average molecular weight is 315 g/mol. The van der Waals surface area contributed by atoms with Crippen molar-refractivity contribution in [3.05, 3.63) is 0 Å². The van der Waals surface area contributed by atoms with Crippen LogP contribution in [0.3, 0.4) is 0 Å². The Morgan fingerprint density at radius 3 is 2.67 bits per heavy atom. The summed E-state index contributed by atoms with van der Waals surface area (Å²) in [5, 5.41) is 3.30. The van der Waals surface area contributed by atoms with Crippen LogP contribution in [0.5, 0.6) is 0 Å². The molecule has 0 aromatic rings. The number of hydrogen-bond acceptors (Lipinski definition) is 3. The molecule has 3 saturated carbocycles. The molecule has 4 rings (SSSR count). The molecule has 4 nitrogen and oxygen atoms in total. The van der Waals surface area contributed by atoms with E-state index in [2.05, 4.69) is 5.32 Å². The van der Waals surface area contributed by atoms with Crippen molar-refractivity contribution in [1.29, 1.82) is 0 Å². The quantitative estimate of drug-likeness (QED) is 0.835. The summed E-state index contributed by atoms with van der Waals surface area (Å²) in [6.07, 6.45) is 8.42. The minimum atomic E-state index is -0.248. The first-order valence-corrected chi connectivity index (χ1v) is 8.42. The number of fused-ring (bicyclic) bond motifs is 5. The Morgan fingerprint density at radius 1 is 1.10 bits per heavy atom. The van der Waals surface area contributed by atoms with E-state index in [1.165, 1.54) is 32.1 Å².